The number of rotatable bonds is 6. The van der Waals surface area contributed by atoms with Crippen molar-refractivity contribution in [1.29, 1.82) is 0 Å². The average molecular weight is 394 g/mol. The number of hydrogen-bond donors (Lipinski definition) is 3. The van der Waals surface area contributed by atoms with Gasteiger partial charge in [-0.1, -0.05) is 0 Å². The summed E-state index contributed by atoms with van der Waals surface area (Å²) >= 11 is 0. The molecule has 1 amide bonds. The summed E-state index contributed by atoms with van der Waals surface area (Å²) in [6, 6.07) is 9.97. The number of halogens is 1. The summed E-state index contributed by atoms with van der Waals surface area (Å²) in [5, 5.41) is 11.1. The number of hydrogen-bond acceptors (Lipinski definition) is 4. The van der Waals surface area contributed by atoms with Crippen LogP contribution >= 0.6 is 0 Å². The lowest BCUT2D eigenvalue weighted by Gasteiger charge is -2.12. The van der Waals surface area contributed by atoms with E-state index in [-0.39, 0.29) is 17.8 Å². The van der Waals surface area contributed by atoms with Crippen LogP contribution in [0.3, 0.4) is 0 Å². The molecule has 0 saturated heterocycles. The molecule has 0 aliphatic rings. The Morgan fingerprint density at radius 3 is 2.86 bits per heavy atom. The Morgan fingerprint density at radius 1 is 1.28 bits per heavy atom. The van der Waals surface area contributed by atoms with Crippen molar-refractivity contribution < 1.29 is 9.18 Å². The van der Waals surface area contributed by atoms with Crippen molar-refractivity contribution in [2.75, 3.05) is 13.1 Å². The van der Waals surface area contributed by atoms with E-state index in [4.69, 9.17) is 10.7 Å². The molecule has 0 aliphatic heterocycles. The molecule has 0 fully saturated rings. The van der Waals surface area contributed by atoms with Gasteiger partial charge in [-0.25, -0.2) is 9.37 Å². The maximum atomic E-state index is 13.8. The number of carbonyl (C=O) groups excluding carboxylic acids is 1. The lowest BCUT2D eigenvalue weighted by atomic mass is 10.1. The second-order valence-corrected chi connectivity index (χ2v) is 7.26. The van der Waals surface area contributed by atoms with E-state index in [1.807, 2.05) is 24.5 Å². The summed E-state index contributed by atoms with van der Waals surface area (Å²) in [4.78, 5) is 17.1. The molecule has 8 heteroatoms. The Bertz CT molecular complexity index is 1190. The summed E-state index contributed by atoms with van der Waals surface area (Å²) in [5.41, 5.74) is 8.85. The quantitative estimate of drug-likeness (QED) is 0.436. The number of nitrogens with zero attached hydrogens (tertiary/aromatic N) is 3. The van der Waals surface area contributed by atoms with Gasteiger partial charge < -0.3 is 15.6 Å². The lowest BCUT2D eigenvalue weighted by molar-refractivity contribution is 0.0953. The molecule has 2 aromatic carbocycles. The molecule has 0 saturated carbocycles. The van der Waals surface area contributed by atoms with Crippen LogP contribution in [0.15, 0.2) is 36.4 Å². The molecule has 0 radical (unpaired) electrons. The minimum atomic E-state index is -0.311. The first kappa shape index (κ1) is 19.1. The Labute approximate surface area is 167 Å². The molecular weight excluding hydrogens is 371 g/mol. The van der Waals surface area contributed by atoms with Gasteiger partial charge in [-0.05, 0) is 63.2 Å². The van der Waals surface area contributed by atoms with Crippen molar-refractivity contribution in [3.05, 3.63) is 47.8 Å². The van der Waals surface area contributed by atoms with Gasteiger partial charge in [0, 0.05) is 23.5 Å². The smallest absolute Gasteiger partial charge is 0.251 e. The molecule has 0 aliphatic carbocycles. The molecule has 0 atom stereocenters. The van der Waals surface area contributed by atoms with Crippen molar-refractivity contribution in [1.82, 2.24) is 25.1 Å². The number of H-pyrrole nitrogens is 1. The molecule has 0 bridgehead atoms. The SMILES string of the molecule is CC(C)n1c(-c2n[nH]c3ccc(C(=O)NCCCN)cc23)nc2ccc(F)cc21. The van der Waals surface area contributed by atoms with Crippen LogP contribution in [-0.4, -0.2) is 38.7 Å². The third-order valence-electron chi connectivity index (χ3n) is 4.87. The molecule has 29 heavy (non-hydrogen) atoms. The van der Waals surface area contributed by atoms with E-state index in [1.54, 1.807) is 18.2 Å². The second-order valence-electron chi connectivity index (χ2n) is 7.26. The number of carbonyl (C=O) groups is 1. The number of nitrogens with two attached hydrogens (primary N) is 1. The first-order valence-electron chi connectivity index (χ1n) is 9.64. The van der Waals surface area contributed by atoms with Gasteiger partial charge in [-0.15, -0.1) is 0 Å². The van der Waals surface area contributed by atoms with Gasteiger partial charge in [-0.2, -0.15) is 5.10 Å². The predicted molar refractivity (Wildman–Crippen MR) is 111 cm³/mol. The van der Waals surface area contributed by atoms with Gasteiger partial charge in [0.1, 0.15) is 11.5 Å². The fraction of sp³-hybridized carbons (Fsp3) is 0.286. The summed E-state index contributed by atoms with van der Waals surface area (Å²) in [6.07, 6.45) is 0.722. The van der Waals surface area contributed by atoms with Crippen LogP contribution in [0.1, 0.15) is 36.7 Å². The van der Waals surface area contributed by atoms with E-state index in [9.17, 15) is 9.18 Å². The number of amides is 1. The van der Waals surface area contributed by atoms with Crippen molar-refractivity contribution in [2.45, 2.75) is 26.3 Å². The van der Waals surface area contributed by atoms with Crippen molar-refractivity contribution in [2.24, 2.45) is 5.73 Å². The maximum Gasteiger partial charge on any atom is 0.251 e. The number of fused-ring (bicyclic) bond motifs is 2. The molecule has 4 rings (SSSR count). The van der Waals surface area contributed by atoms with Gasteiger partial charge in [0.05, 0.1) is 16.6 Å². The standard InChI is InChI=1S/C21H23FN6O/c1-12(2)28-18-11-14(22)5-7-17(18)25-20(28)19-15-10-13(4-6-16(15)26-27-19)21(29)24-9-3-8-23/h4-7,10-12H,3,8-9,23H2,1-2H3,(H,24,29)(H,26,27). The van der Waals surface area contributed by atoms with E-state index in [2.05, 4.69) is 15.5 Å². The van der Waals surface area contributed by atoms with E-state index in [1.165, 1.54) is 12.1 Å². The lowest BCUT2D eigenvalue weighted by Crippen LogP contribution is -2.25. The molecule has 4 N–H and O–H groups in total. The number of aromatic nitrogens is 4. The zero-order valence-corrected chi connectivity index (χ0v) is 16.4. The van der Waals surface area contributed by atoms with Gasteiger partial charge in [0.2, 0.25) is 0 Å². The van der Waals surface area contributed by atoms with E-state index in [0.29, 0.717) is 41.2 Å². The van der Waals surface area contributed by atoms with Gasteiger partial charge in [-0.3, -0.25) is 9.89 Å². The molecule has 4 aromatic rings. The Morgan fingerprint density at radius 2 is 2.10 bits per heavy atom. The fourth-order valence-electron chi connectivity index (χ4n) is 3.49. The van der Waals surface area contributed by atoms with E-state index < -0.39 is 0 Å². The molecule has 0 spiro atoms. The number of benzene rings is 2. The molecule has 2 aromatic heterocycles. The number of imidazole rings is 1. The highest BCUT2D eigenvalue weighted by atomic mass is 19.1. The van der Waals surface area contributed by atoms with Crippen molar-refractivity contribution in [3.8, 4) is 11.5 Å². The highest BCUT2D eigenvalue weighted by Crippen LogP contribution is 2.32. The van der Waals surface area contributed by atoms with Crippen LogP contribution in [0.4, 0.5) is 4.39 Å². The third kappa shape index (κ3) is 3.47. The Kier molecular flexibility index (Phi) is 5.02. The monoisotopic (exact) mass is 394 g/mol. The van der Waals surface area contributed by atoms with Crippen LogP contribution < -0.4 is 11.1 Å². The summed E-state index contributed by atoms with van der Waals surface area (Å²) in [6.45, 7) is 5.08. The first-order valence-corrected chi connectivity index (χ1v) is 9.64. The predicted octanol–water partition coefficient (Wildman–Crippen LogP) is 3.38. The molecule has 2 heterocycles. The molecule has 7 nitrogen and oxygen atoms in total. The zero-order chi connectivity index (χ0) is 20.5. The van der Waals surface area contributed by atoms with Crippen LogP contribution in [0.2, 0.25) is 0 Å². The normalized spacial score (nSPS) is 11.6. The third-order valence-corrected chi connectivity index (χ3v) is 4.87. The minimum absolute atomic E-state index is 0.0475. The topological polar surface area (TPSA) is 102 Å². The van der Waals surface area contributed by atoms with Crippen LogP contribution in [0.25, 0.3) is 33.5 Å². The van der Waals surface area contributed by atoms with Crippen LogP contribution in [0, 0.1) is 5.82 Å². The number of nitrogens with one attached hydrogen (secondary N) is 2. The highest BCUT2D eigenvalue weighted by Gasteiger charge is 2.20. The maximum absolute atomic E-state index is 13.8. The summed E-state index contributed by atoms with van der Waals surface area (Å²) in [5.74, 6) is 0.161. The molecule has 150 valence electrons. The van der Waals surface area contributed by atoms with E-state index >= 15 is 0 Å². The first-order chi connectivity index (χ1) is 14.0. The van der Waals surface area contributed by atoms with Crippen LogP contribution in [0.5, 0.6) is 0 Å². The van der Waals surface area contributed by atoms with Crippen LogP contribution in [-0.2, 0) is 0 Å². The number of aromatic amines is 1. The summed E-state index contributed by atoms with van der Waals surface area (Å²) < 4.78 is 15.8. The van der Waals surface area contributed by atoms with Gasteiger partial charge >= 0.3 is 0 Å². The van der Waals surface area contributed by atoms with E-state index in [0.717, 1.165) is 17.3 Å². The zero-order valence-electron chi connectivity index (χ0n) is 16.4. The Hall–Kier alpha value is -3.26. The van der Waals surface area contributed by atoms with Crippen molar-refractivity contribution >= 4 is 27.8 Å². The fourth-order valence-corrected chi connectivity index (χ4v) is 3.49. The van der Waals surface area contributed by atoms with Gasteiger partial charge in [0.15, 0.2) is 5.82 Å². The molecule has 0 unspecified atom stereocenters. The summed E-state index contributed by atoms with van der Waals surface area (Å²) in [7, 11) is 0. The highest BCUT2D eigenvalue weighted by molar-refractivity contribution is 6.01. The molecular formula is C21H23FN6O. The van der Waals surface area contributed by atoms with Gasteiger partial charge in [0.25, 0.3) is 5.91 Å². The Balaban J connectivity index is 1.83. The minimum Gasteiger partial charge on any atom is -0.352 e. The average Bonchev–Trinajstić information content (AvgIpc) is 3.28. The van der Waals surface area contributed by atoms with Crippen molar-refractivity contribution in [3.63, 3.8) is 0 Å². The largest absolute Gasteiger partial charge is 0.352 e. The second kappa shape index (κ2) is 7.63.